The molecule has 2 aromatic carbocycles. The molecule has 0 bridgehead atoms. The molecule has 1 aliphatic heterocycles. The third-order valence-corrected chi connectivity index (χ3v) is 6.26. The first-order valence-electron chi connectivity index (χ1n) is 11.0. The minimum Gasteiger partial charge on any atom is -0.369 e. The van der Waals surface area contributed by atoms with Crippen molar-refractivity contribution in [3.8, 4) is 22.6 Å². The number of halogens is 1. The molecule has 0 spiro atoms. The van der Waals surface area contributed by atoms with E-state index in [9.17, 15) is 0 Å². The lowest BCUT2D eigenvalue weighted by molar-refractivity contribution is 0.313. The summed E-state index contributed by atoms with van der Waals surface area (Å²) in [5, 5.41) is 8.21. The minimum atomic E-state index is -0.422. The first-order chi connectivity index (χ1) is 16.2. The van der Waals surface area contributed by atoms with Gasteiger partial charge in [0, 0.05) is 49.0 Å². The van der Waals surface area contributed by atoms with Gasteiger partial charge in [0.1, 0.15) is 22.2 Å². The summed E-state index contributed by atoms with van der Waals surface area (Å²) in [6.45, 7) is 4.16. The van der Waals surface area contributed by atoms with Crippen LogP contribution in [0.2, 0.25) is 0 Å². The van der Waals surface area contributed by atoms with E-state index in [0.717, 1.165) is 42.8 Å². The van der Waals surface area contributed by atoms with E-state index in [1.165, 1.54) is 5.69 Å². The molecule has 7 nitrogen and oxygen atoms in total. The first kappa shape index (κ1) is 19.8. The smallest absolute Gasteiger partial charge is 0.163 e. The average Bonchev–Trinajstić information content (AvgIpc) is 3.28. The van der Waals surface area contributed by atoms with E-state index in [1.807, 2.05) is 12.1 Å². The van der Waals surface area contributed by atoms with E-state index in [0.29, 0.717) is 27.9 Å². The maximum atomic E-state index is 15.2. The molecule has 1 N–H and O–H groups in total. The number of piperazine rings is 1. The highest BCUT2D eigenvalue weighted by Crippen LogP contribution is 2.30. The van der Waals surface area contributed by atoms with Gasteiger partial charge in [-0.3, -0.25) is 10.1 Å². The van der Waals surface area contributed by atoms with Crippen molar-refractivity contribution in [2.24, 2.45) is 0 Å². The second kappa shape index (κ2) is 7.90. The number of rotatable bonds is 3. The zero-order valence-corrected chi connectivity index (χ0v) is 18.2. The van der Waals surface area contributed by atoms with E-state index >= 15 is 4.39 Å². The number of nitrogens with zero attached hydrogens (tertiary/aromatic N) is 6. The van der Waals surface area contributed by atoms with Gasteiger partial charge < -0.3 is 9.80 Å². The van der Waals surface area contributed by atoms with E-state index in [-0.39, 0.29) is 0 Å². The van der Waals surface area contributed by atoms with Crippen LogP contribution in [0.4, 0.5) is 10.1 Å². The molecule has 1 aliphatic rings. The molecule has 0 radical (unpaired) electrons. The maximum absolute atomic E-state index is 15.2. The molecule has 0 aliphatic carbocycles. The van der Waals surface area contributed by atoms with Gasteiger partial charge in [0.05, 0.1) is 11.8 Å². The summed E-state index contributed by atoms with van der Waals surface area (Å²) < 4.78 is 15.2. The molecule has 164 valence electrons. The molecule has 0 amide bonds. The Kier molecular flexibility index (Phi) is 4.73. The molecular formula is C25H22FN7. The number of hydrogen-bond donors (Lipinski definition) is 1. The number of fused-ring (bicyclic) bond motifs is 2. The van der Waals surface area contributed by atoms with E-state index in [1.54, 1.807) is 24.5 Å². The zero-order chi connectivity index (χ0) is 22.4. The molecule has 1 saturated heterocycles. The second-order valence-electron chi connectivity index (χ2n) is 8.37. The van der Waals surface area contributed by atoms with Gasteiger partial charge in [-0.15, -0.1) is 0 Å². The van der Waals surface area contributed by atoms with Crippen LogP contribution in [-0.4, -0.2) is 63.3 Å². The van der Waals surface area contributed by atoms with Crippen LogP contribution in [0.3, 0.4) is 0 Å². The quantitative estimate of drug-likeness (QED) is 0.456. The second-order valence-corrected chi connectivity index (χ2v) is 8.37. The summed E-state index contributed by atoms with van der Waals surface area (Å²) in [4.78, 5) is 18.0. The van der Waals surface area contributed by atoms with Crippen LogP contribution in [0, 0.1) is 5.82 Å². The van der Waals surface area contributed by atoms with Crippen LogP contribution < -0.4 is 4.90 Å². The molecule has 33 heavy (non-hydrogen) atoms. The normalized spacial score (nSPS) is 14.9. The fourth-order valence-corrected chi connectivity index (χ4v) is 4.32. The van der Waals surface area contributed by atoms with Gasteiger partial charge >= 0.3 is 0 Å². The molecule has 5 aromatic rings. The first-order valence-corrected chi connectivity index (χ1v) is 11.0. The Balaban J connectivity index is 1.37. The zero-order valence-electron chi connectivity index (χ0n) is 18.2. The number of aromatic amines is 1. The van der Waals surface area contributed by atoms with Gasteiger partial charge in [-0.1, -0.05) is 24.3 Å². The summed E-state index contributed by atoms with van der Waals surface area (Å²) >= 11 is 0. The Morgan fingerprint density at radius 2 is 1.73 bits per heavy atom. The highest BCUT2D eigenvalue weighted by molar-refractivity contribution is 5.91. The van der Waals surface area contributed by atoms with Crippen molar-refractivity contribution in [3.05, 3.63) is 66.7 Å². The van der Waals surface area contributed by atoms with Crippen molar-refractivity contribution in [1.82, 2.24) is 30.0 Å². The summed E-state index contributed by atoms with van der Waals surface area (Å²) in [5.41, 5.74) is 4.87. The Bertz CT molecular complexity index is 1450. The molecular weight excluding hydrogens is 417 g/mol. The topological polar surface area (TPSA) is 73.8 Å². The largest absolute Gasteiger partial charge is 0.369 e. The summed E-state index contributed by atoms with van der Waals surface area (Å²) in [7, 11) is 2.15. The van der Waals surface area contributed by atoms with Gasteiger partial charge in [-0.05, 0) is 31.3 Å². The SMILES string of the molecule is CN1CCN(c2ccc(-c3n[nH]c4cnc(-c5ccc6cccnc6c5F)nc34)cc2)CC1. The number of likely N-dealkylation sites (N-methyl/N-ethyl adjacent to an activating group) is 1. The van der Waals surface area contributed by atoms with Gasteiger partial charge in [-0.2, -0.15) is 5.10 Å². The number of hydrogen-bond acceptors (Lipinski definition) is 6. The van der Waals surface area contributed by atoms with Crippen LogP contribution in [0.15, 0.2) is 60.9 Å². The van der Waals surface area contributed by atoms with Crippen LogP contribution in [0.1, 0.15) is 0 Å². The minimum absolute atomic E-state index is 0.309. The Labute approximate surface area is 189 Å². The van der Waals surface area contributed by atoms with E-state index in [2.05, 4.69) is 66.3 Å². The average molecular weight is 439 g/mol. The van der Waals surface area contributed by atoms with Gasteiger partial charge in [0.25, 0.3) is 0 Å². The van der Waals surface area contributed by atoms with Crippen molar-refractivity contribution >= 4 is 27.6 Å². The monoisotopic (exact) mass is 439 g/mol. The highest BCUT2D eigenvalue weighted by atomic mass is 19.1. The van der Waals surface area contributed by atoms with Gasteiger partial charge in [-0.25, -0.2) is 14.4 Å². The summed E-state index contributed by atoms with van der Waals surface area (Å²) in [6.07, 6.45) is 3.23. The van der Waals surface area contributed by atoms with Crippen molar-refractivity contribution in [2.45, 2.75) is 0 Å². The molecule has 8 heteroatoms. The lowest BCUT2D eigenvalue weighted by Crippen LogP contribution is -2.44. The Morgan fingerprint density at radius 3 is 2.55 bits per heavy atom. The Hall–Kier alpha value is -3.91. The fraction of sp³-hybridized carbons (Fsp3) is 0.200. The van der Waals surface area contributed by atoms with E-state index in [4.69, 9.17) is 0 Å². The fourth-order valence-electron chi connectivity index (χ4n) is 4.32. The van der Waals surface area contributed by atoms with Crippen LogP contribution in [0.25, 0.3) is 44.6 Å². The predicted molar refractivity (Wildman–Crippen MR) is 128 cm³/mol. The lowest BCUT2D eigenvalue weighted by Gasteiger charge is -2.34. The van der Waals surface area contributed by atoms with E-state index < -0.39 is 5.82 Å². The third-order valence-electron chi connectivity index (χ3n) is 6.26. The van der Waals surface area contributed by atoms with Crippen molar-refractivity contribution in [3.63, 3.8) is 0 Å². The standard InChI is InChI=1S/C25H22FN7/c1-32-11-13-33(14-12-32)18-7-4-17(5-8-18)23-24-20(30-31-23)15-28-25(29-24)19-9-6-16-3-2-10-27-22(16)21(19)26/h2-10,15H,11-14H2,1H3,(H,30,31). The summed E-state index contributed by atoms with van der Waals surface area (Å²) in [5.74, 6) is -0.113. The maximum Gasteiger partial charge on any atom is 0.163 e. The molecule has 6 rings (SSSR count). The molecule has 0 atom stereocenters. The number of H-pyrrole nitrogens is 1. The molecule has 4 heterocycles. The van der Waals surface area contributed by atoms with Crippen LogP contribution >= 0.6 is 0 Å². The van der Waals surface area contributed by atoms with Crippen molar-refractivity contribution in [2.75, 3.05) is 38.1 Å². The highest BCUT2D eigenvalue weighted by Gasteiger charge is 2.18. The number of benzene rings is 2. The molecule has 3 aromatic heterocycles. The molecule has 1 fully saturated rings. The Morgan fingerprint density at radius 1 is 0.909 bits per heavy atom. The number of anilines is 1. The lowest BCUT2D eigenvalue weighted by atomic mass is 10.1. The molecule has 0 unspecified atom stereocenters. The van der Waals surface area contributed by atoms with Gasteiger partial charge in [0.15, 0.2) is 11.6 Å². The van der Waals surface area contributed by atoms with Crippen LogP contribution in [-0.2, 0) is 0 Å². The number of nitrogens with one attached hydrogen (secondary N) is 1. The van der Waals surface area contributed by atoms with Crippen molar-refractivity contribution < 1.29 is 4.39 Å². The number of aromatic nitrogens is 5. The third kappa shape index (κ3) is 3.48. The number of pyridine rings is 1. The predicted octanol–water partition coefficient (Wildman–Crippen LogP) is 4.13. The molecule has 0 saturated carbocycles. The van der Waals surface area contributed by atoms with Crippen molar-refractivity contribution in [1.29, 1.82) is 0 Å². The summed E-state index contributed by atoms with van der Waals surface area (Å²) in [6, 6.07) is 15.5. The van der Waals surface area contributed by atoms with Gasteiger partial charge in [0.2, 0.25) is 0 Å². The van der Waals surface area contributed by atoms with Crippen LogP contribution in [0.5, 0.6) is 0 Å².